The lowest BCUT2D eigenvalue weighted by molar-refractivity contribution is -0.117. The van der Waals surface area contributed by atoms with E-state index in [1.807, 2.05) is 24.3 Å². The molecule has 1 aromatic heterocycles. The third-order valence-electron chi connectivity index (χ3n) is 3.40. The summed E-state index contributed by atoms with van der Waals surface area (Å²) in [4.78, 5) is 20.9. The van der Waals surface area contributed by atoms with Crippen molar-refractivity contribution < 1.29 is 9.18 Å². The summed E-state index contributed by atoms with van der Waals surface area (Å²) in [5, 5.41) is 3.04. The van der Waals surface area contributed by atoms with Crippen LogP contribution in [0.15, 0.2) is 36.7 Å². The van der Waals surface area contributed by atoms with Crippen molar-refractivity contribution >= 4 is 17.4 Å². The lowest BCUT2D eigenvalue weighted by atomic mass is 10.2. The minimum atomic E-state index is -0.566. The molecule has 5 nitrogen and oxygen atoms in total. The second-order valence-corrected chi connectivity index (χ2v) is 4.90. The van der Waals surface area contributed by atoms with E-state index in [1.54, 1.807) is 4.90 Å². The first-order valence-electron chi connectivity index (χ1n) is 6.83. The first-order valence-corrected chi connectivity index (χ1v) is 6.83. The Balaban J connectivity index is 1.70. The quantitative estimate of drug-likeness (QED) is 0.877. The van der Waals surface area contributed by atoms with E-state index < -0.39 is 5.95 Å². The van der Waals surface area contributed by atoms with Crippen molar-refractivity contribution in [2.45, 2.75) is 19.4 Å². The molecule has 0 radical (unpaired) electrons. The summed E-state index contributed by atoms with van der Waals surface area (Å²) in [7, 11) is 0. The monoisotopic (exact) mass is 286 g/mol. The number of nitrogens with zero attached hydrogens (tertiary/aromatic N) is 3. The summed E-state index contributed by atoms with van der Waals surface area (Å²) >= 11 is 0. The predicted octanol–water partition coefficient (Wildman–Crippen LogP) is 2.35. The van der Waals surface area contributed by atoms with Gasteiger partial charge in [-0.25, -0.2) is 9.97 Å². The van der Waals surface area contributed by atoms with Gasteiger partial charge in [0.1, 0.15) is 12.1 Å². The lowest BCUT2D eigenvalue weighted by Crippen LogP contribution is -2.23. The van der Waals surface area contributed by atoms with Crippen LogP contribution in [0.3, 0.4) is 0 Å². The molecule has 1 saturated heterocycles. The van der Waals surface area contributed by atoms with E-state index in [-0.39, 0.29) is 5.91 Å². The molecule has 0 atom stereocenters. The van der Waals surface area contributed by atoms with Crippen LogP contribution in [0.2, 0.25) is 0 Å². The van der Waals surface area contributed by atoms with Crippen LogP contribution in [-0.4, -0.2) is 22.4 Å². The number of carbonyl (C=O) groups excluding carboxylic acids is 1. The van der Waals surface area contributed by atoms with E-state index >= 15 is 0 Å². The predicted molar refractivity (Wildman–Crippen MR) is 77.3 cm³/mol. The number of hydrogen-bond acceptors (Lipinski definition) is 4. The minimum absolute atomic E-state index is 0.165. The topological polar surface area (TPSA) is 58.1 Å². The molecule has 0 spiro atoms. The van der Waals surface area contributed by atoms with Gasteiger partial charge in [0.05, 0.1) is 0 Å². The van der Waals surface area contributed by atoms with Crippen LogP contribution in [0.25, 0.3) is 0 Å². The van der Waals surface area contributed by atoms with Crippen molar-refractivity contribution in [3.8, 4) is 0 Å². The first kappa shape index (κ1) is 13.5. The zero-order valence-corrected chi connectivity index (χ0v) is 11.4. The van der Waals surface area contributed by atoms with Crippen molar-refractivity contribution in [3.05, 3.63) is 48.2 Å². The molecular formula is C15H15FN4O. The molecule has 1 aliphatic heterocycles. The van der Waals surface area contributed by atoms with Crippen LogP contribution >= 0.6 is 0 Å². The van der Waals surface area contributed by atoms with Gasteiger partial charge < -0.3 is 10.2 Å². The molecule has 108 valence electrons. The van der Waals surface area contributed by atoms with E-state index in [0.717, 1.165) is 24.2 Å². The van der Waals surface area contributed by atoms with Gasteiger partial charge in [0.2, 0.25) is 11.9 Å². The molecule has 0 saturated carbocycles. The van der Waals surface area contributed by atoms with Crippen LogP contribution in [0, 0.1) is 5.95 Å². The number of amides is 1. The summed E-state index contributed by atoms with van der Waals surface area (Å²) < 4.78 is 13.0. The van der Waals surface area contributed by atoms with Gasteiger partial charge in [-0.1, -0.05) is 12.1 Å². The Hall–Kier alpha value is -2.50. The molecule has 2 aromatic rings. The number of aromatic nitrogens is 2. The van der Waals surface area contributed by atoms with Gasteiger partial charge in [-0.2, -0.15) is 4.39 Å². The van der Waals surface area contributed by atoms with Crippen molar-refractivity contribution in [1.29, 1.82) is 0 Å². The molecule has 0 unspecified atom stereocenters. The van der Waals surface area contributed by atoms with Gasteiger partial charge >= 0.3 is 0 Å². The van der Waals surface area contributed by atoms with Crippen molar-refractivity contribution in [2.75, 3.05) is 16.8 Å². The third kappa shape index (κ3) is 3.16. The van der Waals surface area contributed by atoms with E-state index in [1.165, 1.54) is 12.4 Å². The van der Waals surface area contributed by atoms with Crippen LogP contribution in [0.4, 0.5) is 15.9 Å². The molecule has 6 heteroatoms. The van der Waals surface area contributed by atoms with Gasteiger partial charge in [-0.05, 0) is 24.1 Å². The average Bonchev–Trinajstić information content (AvgIpc) is 2.92. The maximum Gasteiger partial charge on any atom is 0.227 e. The SMILES string of the molecule is O=C1CCCN1c1cccc(CNc2cc(F)ncn2)c1. The molecule has 3 rings (SSSR count). The van der Waals surface area contributed by atoms with Crippen LogP contribution < -0.4 is 10.2 Å². The number of halogens is 1. The Morgan fingerprint density at radius 3 is 2.95 bits per heavy atom. The number of hydrogen-bond donors (Lipinski definition) is 1. The highest BCUT2D eigenvalue weighted by Gasteiger charge is 2.21. The number of carbonyl (C=O) groups is 1. The lowest BCUT2D eigenvalue weighted by Gasteiger charge is -2.16. The second kappa shape index (κ2) is 5.87. The Bertz CT molecular complexity index is 662. The molecule has 1 aromatic carbocycles. The second-order valence-electron chi connectivity index (χ2n) is 4.90. The minimum Gasteiger partial charge on any atom is -0.366 e. The highest BCUT2D eigenvalue weighted by atomic mass is 19.1. The summed E-state index contributed by atoms with van der Waals surface area (Å²) in [6, 6.07) is 9.01. The highest BCUT2D eigenvalue weighted by molar-refractivity contribution is 5.95. The number of benzene rings is 1. The molecule has 2 heterocycles. The smallest absolute Gasteiger partial charge is 0.227 e. The molecule has 21 heavy (non-hydrogen) atoms. The molecule has 0 bridgehead atoms. The van der Waals surface area contributed by atoms with E-state index in [4.69, 9.17) is 0 Å². The van der Waals surface area contributed by atoms with E-state index in [2.05, 4.69) is 15.3 Å². The zero-order chi connectivity index (χ0) is 14.7. The van der Waals surface area contributed by atoms with Gasteiger partial charge in [0.15, 0.2) is 0 Å². The summed E-state index contributed by atoms with van der Waals surface area (Å²) in [6.45, 7) is 1.28. The Morgan fingerprint density at radius 2 is 2.19 bits per heavy atom. The molecule has 1 fully saturated rings. The molecule has 1 amide bonds. The average molecular weight is 286 g/mol. The Morgan fingerprint density at radius 1 is 1.29 bits per heavy atom. The fourth-order valence-corrected chi connectivity index (χ4v) is 2.38. The van der Waals surface area contributed by atoms with Crippen LogP contribution in [0.1, 0.15) is 18.4 Å². The number of anilines is 2. The number of nitrogens with one attached hydrogen (secondary N) is 1. The van der Waals surface area contributed by atoms with Crippen molar-refractivity contribution in [1.82, 2.24) is 9.97 Å². The third-order valence-corrected chi connectivity index (χ3v) is 3.40. The van der Waals surface area contributed by atoms with Crippen molar-refractivity contribution in [2.24, 2.45) is 0 Å². The summed E-state index contributed by atoms with van der Waals surface area (Å²) in [6.07, 6.45) is 2.70. The zero-order valence-electron chi connectivity index (χ0n) is 11.4. The summed E-state index contributed by atoms with van der Waals surface area (Å²) in [5.41, 5.74) is 1.91. The van der Waals surface area contributed by atoms with E-state index in [0.29, 0.717) is 18.8 Å². The largest absolute Gasteiger partial charge is 0.366 e. The Labute approximate surface area is 121 Å². The molecule has 0 aliphatic carbocycles. The fraction of sp³-hybridized carbons (Fsp3) is 0.267. The molecule has 1 aliphatic rings. The van der Waals surface area contributed by atoms with Gasteiger partial charge in [-0.3, -0.25) is 4.79 Å². The van der Waals surface area contributed by atoms with E-state index in [9.17, 15) is 9.18 Å². The summed E-state index contributed by atoms with van der Waals surface area (Å²) in [5.74, 6) is 0.0343. The molecular weight excluding hydrogens is 271 g/mol. The van der Waals surface area contributed by atoms with Gasteiger partial charge in [0.25, 0.3) is 0 Å². The van der Waals surface area contributed by atoms with Crippen LogP contribution in [-0.2, 0) is 11.3 Å². The molecule has 1 N–H and O–H groups in total. The highest BCUT2D eigenvalue weighted by Crippen LogP contribution is 2.22. The standard InChI is InChI=1S/C15H15FN4O/c16-13-8-14(19-10-18-13)17-9-11-3-1-4-12(7-11)20-6-2-5-15(20)21/h1,3-4,7-8,10H,2,5-6,9H2,(H,17,18,19). The van der Waals surface area contributed by atoms with Gasteiger partial charge in [-0.15, -0.1) is 0 Å². The maximum atomic E-state index is 13.0. The Kier molecular flexibility index (Phi) is 3.77. The fourth-order valence-electron chi connectivity index (χ4n) is 2.38. The normalized spacial score (nSPS) is 14.5. The van der Waals surface area contributed by atoms with Gasteiger partial charge in [0, 0.05) is 31.3 Å². The maximum absolute atomic E-state index is 13.0. The van der Waals surface area contributed by atoms with Crippen LogP contribution in [0.5, 0.6) is 0 Å². The first-order chi connectivity index (χ1) is 10.2. The van der Waals surface area contributed by atoms with Crippen molar-refractivity contribution in [3.63, 3.8) is 0 Å². The number of rotatable bonds is 4.